The van der Waals surface area contributed by atoms with Crippen LogP contribution in [-0.2, 0) is 13.1 Å². The molecule has 0 spiro atoms. The van der Waals surface area contributed by atoms with E-state index in [2.05, 4.69) is 32.7 Å². The second-order valence-electron chi connectivity index (χ2n) is 6.02. The van der Waals surface area contributed by atoms with Crippen molar-refractivity contribution in [1.29, 1.82) is 0 Å². The number of likely N-dealkylation sites (tertiary alicyclic amines) is 1. The highest BCUT2D eigenvalue weighted by molar-refractivity contribution is 5.31. The van der Waals surface area contributed by atoms with E-state index in [0.29, 0.717) is 13.1 Å². The fraction of sp³-hybridized carbons (Fsp3) is 0.529. The van der Waals surface area contributed by atoms with Crippen molar-refractivity contribution in [2.45, 2.75) is 45.5 Å². The molecule has 23 heavy (non-hydrogen) atoms. The Morgan fingerprint density at radius 3 is 2.91 bits per heavy atom. The molecule has 1 aliphatic rings. The smallest absolute Gasteiger partial charge is 0.147 e. The van der Waals surface area contributed by atoms with Gasteiger partial charge in [-0.15, -0.1) is 10.2 Å². The molecule has 0 bridgehead atoms. The van der Waals surface area contributed by atoms with E-state index in [1.807, 2.05) is 25.1 Å². The molecule has 2 heterocycles. The first-order valence-corrected chi connectivity index (χ1v) is 8.07. The van der Waals surface area contributed by atoms with Gasteiger partial charge in [-0.05, 0) is 38.0 Å². The molecule has 6 heteroatoms. The van der Waals surface area contributed by atoms with Crippen molar-refractivity contribution in [3.05, 3.63) is 41.5 Å². The van der Waals surface area contributed by atoms with Gasteiger partial charge in [0.25, 0.3) is 0 Å². The van der Waals surface area contributed by atoms with E-state index in [4.69, 9.17) is 4.74 Å². The van der Waals surface area contributed by atoms with E-state index >= 15 is 0 Å². The number of hydrogen-bond donors (Lipinski definition) is 1. The molecule has 0 saturated carbocycles. The van der Waals surface area contributed by atoms with Gasteiger partial charge in [0.15, 0.2) is 0 Å². The maximum absolute atomic E-state index is 10.2. The zero-order valence-corrected chi connectivity index (χ0v) is 13.9. The molecule has 1 N–H and O–H groups in total. The van der Waals surface area contributed by atoms with Crippen molar-refractivity contribution in [2.24, 2.45) is 0 Å². The number of ether oxygens (including phenoxy) is 1. The van der Waals surface area contributed by atoms with Gasteiger partial charge in [-0.1, -0.05) is 12.1 Å². The Balaban J connectivity index is 1.84. The zero-order chi connectivity index (χ0) is 16.4. The van der Waals surface area contributed by atoms with Gasteiger partial charge in [0.2, 0.25) is 0 Å². The highest BCUT2D eigenvalue weighted by Gasteiger charge is 2.33. The fourth-order valence-corrected chi connectivity index (χ4v) is 3.38. The molecule has 0 amide bonds. The summed E-state index contributed by atoms with van der Waals surface area (Å²) >= 11 is 0. The lowest BCUT2D eigenvalue weighted by Crippen LogP contribution is -2.26. The van der Waals surface area contributed by atoms with Crippen molar-refractivity contribution in [2.75, 3.05) is 13.7 Å². The summed E-state index contributed by atoms with van der Waals surface area (Å²) in [6.07, 6.45) is 0.414. The molecule has 124 valence electrons. The third-order valence-electron chi connectivity index (χ3n) is 4.53. The maximum atomic E-state index is 10.2. The normalized spacial score (nSPS) is 21.7. The minimum Gasteiger partial charge on any atom is -0.497 e. The van der Waals surface area contributed by atoms with Crippen LogP contribution in [0.15, 0.2) is 24.3 Å². The molecule has 0 unspecified atom stereocenters. The van der Waals surface area contributed by atoms with Crippen LogP contribution in [0.4, 0.5) is 0 Å². The number of benzene rings is 1. The third-order valence-corrected chi connectivity index (χ3v) is 4.53. The van der Waals surface area contributed by atoms with E-state index in [-0.39, 0.29) is 12.1 Å². The van der Waals surface area contributed by atoms with Crippen LogP contribution in [0.2, 0.25) is 0 Å². The predicted molar refractivity (Wildman–Crippen MR) is 87.2 cm³/mol. The molecule has 3 rings (SSSR count). The number of aliphatic hydroxyl groups is 1. The number of hydrogen-bond acceptors (Lipinski definition) is 5. The maximum Gasteiger partial charge on any atom is 0.147 e. The molecule has 0 aliphatic carbocycles. The summed E-state index contributed by atoms with van der Waals surface area (Å²) in [5.41, 5.74) is 1.17. The monoisotopic (exact) mass is 316 g/mol. The lowest BCUT2D eigenvalue weighted by molar-refractivity contribution is 0.170. The average Bonchev–Trinajstić information content (AvgIpc) is 3.10. The summed E-state index contributed by atoms with van der Waals surface area (Å²) in [6.45, 7) is 6.26. The standard InChI is InChI=1S/C17H24N4O2/c1-4-21-12(2)18-19-17(21)11-20-10-14(22)9-16(20)13-6-5-7-15(8-13)23-3/h5-8,14,16,22H,4,9-11H2,1-3H3/t14-,16-/m0/s1. The summed E-state index contributed by atoms with van der Waals surface area (Å²) in [6, 6.07) is 8.24. The van der Waals surface area contributed by atoms with Crippen molar-refractivity contribution in [3.8, 4) is 5.75 Å². The Hall–Kier alpha value is -1.92. The van der Waals surface area contributed by atoms with E-state index in [1.54, 1.807) is 7.11 Å². The van der Waals surface area contributed by atoms with Crippen LogP contribution in [0, 0.1) is 6.92 Å². The predicted octanol–water partition coefficient (Wildman–Crippen LogP) is 1.92. The van der Waals surface area contributed by atoms with Crippen LogP contribution in [0.3, 0.4) is 0 Å². The number of aromatic nitrogens is 3. The van der Waals surface area contributed by atoms with Crippen molar-refractivity contribution < 1.29 is 9.84 Å². The summed E-state index contributed by atoms with van der Waals surface area (Å²) in [4.78, 5) is 2.27. The molecule has 2 atom stereocenters. The summed E-state index contributed by atoms with van der Waals surface area (Å²) in [5, 5.41) is 18.6. The van der Waals surface area contributed by atoms with Crippen LogP contribution >= 0.6 is 0 Å². The fourth-order valence-electron chi connectivity index (χ4n) is 3.38. The van der Waals surface area contributed by atoms with Crippen LogP contribution in [-0.4, -0.2) is 44.5 Å². The van der Waals surface area contributed by atoms with Crippen LogP contribution in [0.5, 0.6) is 5.75 Å². The van der Waals surface area contributed by atoms with Gasteiger partial charge < -0.3 is 14.4 Å². The molecule has 1 aromatic carbocycles. The first-order chi connectivity index (χ1) is 11.1. The summed E-state index contributed by atoms with van der Waals surface area (Å²) in [7, 11) is 1.67. The largest absolute Gasteiger partial charge is 0.497 e. The minimum atomic E-state index is -0.315. The highest BCUT2D eigenvalue weighted by atomic mass is 16.5. The van der Waals surface area contributed by atoms with Crippen LogP contribution in [0.1, 0.15) is 36.6 Å². The van der Waals surface area contributed by atoms with E-state index in [9.17, 15) is 5.11 Å². The number of β-amino-alcohol motifs (C(OH)–C–C–N with tert-alkyl or cyclic N) is 1. The highest BCUT2D eigenvalue weighted by Crippen LogP contribution is 2.34. The molecule has 1 aromatic heterocycles. The molecular formula is C17H24N4O2. The van der Waals surface area contributed by atoms with Crippen molar-refractivity contribution in [1.82, 2.24) is 19.7 Å². The van der Waals surface area contributed by atoms with Gasteiger partial charge >= 0.3 is 0 Å². The first kappa shape index (κ1) is 16.0. The average molecular weight is 316 g/mol. The second kappa shape index (κ2) is 6.68. The Kier molecular flexibility index (Phi) is 4.63. The number of rotatable bonds is 5. The van der Waals surface area contributed by atoms with Gasteiger partial charge in [0.1, 0.15) is 17.4 Å². The van der Waals surface area contributed by atoms with Crippen molar-refractivity contribution >= 4 is 0 Å². The van der Waals surface area contributed by atoms with E-state index in [1.165, 1.54) is 5.56 Å². The Labute approximate surface area is 136 Å². The van der Waals surface area contributed by atoms with Crippen LogP contribution < -0.4 is 4.74 Å². The summed E-state index contributed by atoms with van der Waals surface area (Å²) in [5.74, 6) is 2.73. The van der Waals surface area contributed by atoms with Crippen molar-refractivity contribution in [3.63, 3.8) is 0 Å². The molecule has 6 nitrogen and oxygen atoms in total. The Morgan fingerprint density at radius 1 is 1.35 bits per heavy atom. The van der Waals surface area contributed by atoms with E-state index in [0.717, 1.165) is 30.4 Å². The van der Waals surface area contributed by atoms with Gasteiger partial charge in [-0.25, -0.2) is 0 Å². The third kappa shape index (κ3) is 3.23. The molecule has 1 fully saturated rings. The van der Waals surface area contributed by atoms with Gasteiger partial charge in [0, 0.05) is 19.1 Å². The minimum absolute atomic E-state index is 0.169. The lowest BCUT2D eigenvalue weighted by Gasteiger charge is -2.24. The molecule has 0 radical (unpaired) electrons. The molecular weight excluding hydrogens is 292 g/mol. The molecule has 1 aliphatic heterocycles. The first-order valence-electron chi connectivity index (χ1n) is 8.07. The Bertz CT molecular complexity index is 670. The lowest BCUT2D eigenvalue weighted by atomic mass is 10.0. The molecule has 1 saturated heterocycles. The number of aryl methyl sites for hydroxylation is 1. The topological polar surface area (TPSA) is 63.4 Å². The SMILES string of the molecule is CCn1c(C)nnc1CN1C[C@@H](O)C[C@H]1c1cccc(OC)c1. The van der Waals surface area contributed by atoms with E-state index < -0.39 is 0 Å². The van der Waals surface area contributed by atoms with Gasteiger partial charge in [-0.3, -0.25) is 4.90 Å². The number of aliphatic hydroxyl groups excluding tert-OH is 1. The zero-order valence-electron chi connectivity index (χ0n) is 13.9. The number of methoxy groups -OCH3 is 1. The molecule has 2 aromatic rings. The van der Waals surface area contributed by atoms with Crippen LogP contribution in [0.25, 0.3) is 0 Å². The van der Waals surface area contributed by atoms with Gasteiger partial charge in [0.05, 0.1) is 19.8 Å². The number of nitrogens with zero attached hydrogens (tertiary/aromatic N) is 4. The van der Waals surface area contributed by atoms with Gasteiger partial charge in [-0.2, -0.15) is 0 Å². The second-order valence-corrected chi connectivity index (χ2v) is 6.02. The Morgan fingerprint density at radius 2 is 2.17 bits per heavy atom. The quantitative estimate of drug-likeness (QED) is 0.913. The summed E-state index contributed by atoms with van der Waals surface area (Å²) < 4.78 is 7.45.